The van der Waals surface area contributed by atoms with Crippen molar-refractivity contribution in [2.75, 3.05) is 23.4 Å². The van der Waals surface area contributed by atoms with Gasteiger partial charge < -0.3 is 15.0 Å². The van der Waals surface area contributed by atoms with Crippen molar-refractivity contribution in [2.45, 2.75) is 51.5 Å². The van der Waals surface area contributed by atoms with Crippen LogP contribution in [-0.4, -0.2) is 39.4 Å². The Kier molecular flexibility index (Phi) is 7.76. The number of para-hydroxylation sites is 2. The third kappa shape index (κ3) is 5.72. The number of aryl methyl sites for hydroxylation is 1. The van der Waals surface area contributed by atoms with Gasteiger partial charge in [-0.15, -0.1) is 0 Å². The van der Waals surface area contributed by atoms with Crippen molar-refractivity contribution in [3.05, 3.63) is 48.0 Å². The number of benzene rings is 2. The summed E-state index contributed by atoms with van der Waals surface area (Å²) in [5, 5.41) is 2.78. The number of rotatable bonds is 8. The summed E-state index contributed by atoms with van der Waals surface area (Å²) >= 11 is 0. The molecule has 1 aliphatic rings. The number of nitrogens with zero attached hydrogens (tertiary/aromatic N) is 1. The third-order valence-electron chi connectivity index (χ3n) is 5.54. The van der Waals surface area contributed by atoms with Crippen molar-refractivity contribution < 1.29 is 22.7 Å². The van der Waals surface area contributed by atoms with Gasteiger partial charge in [-0.1, -0.05) is 26.0 Å². The number of carbonyl (C=O) groups is 2. The summed E-state index contributed by atoms with van der Waals surface area (Å²) in [6, 6.07) is 10.7. The van der Waals surface area contributed by atoms with E-state index in [4.69, 9.17) is 4.74 Å². The maximum absolute atomic E-state index is 13.2. The Morgan fingerprint density at radius 2 is 1.88 bits per heavy atom. The summed E-state index contributed by atoms with van der Waals surface area (Å²) in [6.45, 7) is 7.95. The Hall–Kier alpha value is -2.91. The molecular weight excluding hydrogens is 442 g/mol. The van der Waals surface area contributed by atoms with Gasteiger partial charge >= 0.3 is 0 Å². The predicted molar refractivity (Wildman–Crippen MR) is 128 cm³/mol. The van der Waals surface area contributed by atoms with E-state index in [1.54, 1.807) is 55.1 Å². The van der Waals surface area contributed by atoms with Crippen LogP contribution in [0.2, 0.25) is 0 Å². The standard InChI is InChI=1S/C24H31N3O5S/c1-5-32-22-11-7-6-10-20(22)25-24(29)23(16(2)3)26-33(30,31)19-12-13-21-18(15-19)9-8-14-27(21)17(4)28/h6-7,10-13,15-16,23,26H,5,8-9,14H2,1-4H3,(H,25,29). The van der Waals surface area contributed by atoms with E-state index in [1.165, 1.54) is 13.0 Å². The molecule has 33 heavy (non-hydrogen) atoms. The van der Waals surface area contributed by atoms with E-state index in [1.807, 2.05) is 6.92 Å². The van der Waals surface area contributed by atoms with Crippen molar-refractivity contribution in [2.24, 2.45) is 5.92 Å². The van der Waals surface area contributed by atoms with Gasteiger partial charge in [-0.2, -0.15) is 4.72 Å². The van der Waals surface area contributed by atoms with Gasteiger partial charge in [0, 0.05) is 19.2 Å². The molecule has 0 bridgehead atoms. The molecule has 0 aromatic heterocycles. The number of anilines is 2. The number of amides is 2. The molecule has 8 nitrogen and oxygen atoms in total. The number of sulfonamides is 1. The molecule has 2 amide bonds. The van der Waals surface area contributed by atoms with Gasteiger partial charge in [0.2, 0.25) is 21.8 Å². The second-order valence-electron chi connectivity index (χ2n) is 8.33. The summed E-state index contributed by atoms with van der Waals surface area (Å²) < 4.78 is 34.5. The van der Waals surface area contributed by atoms with Gasteiger partial charge in [0.15, 0.2) is 0 Å². The quantitative estimate of drug-likeness (QED) is 0.612. The van der Waals surface area contributed by atoms with Crippen molar-refractivity contribution in [3.63, 3.8) is 0 Å². The van der Waals surface area contributed by atoms with E-state index in [0.29, 0.717) is 31.0 Å². The molecule has 2 N–H and O–H groups in total. The molecule has 1 unspecified atom stereocenters. The van der Waals surface area contributed by atoms with Crippen LogP contribution in [0.4, 0.5) is 11.4 Å². The van der Waals surface area contributed by atoms with E-state index in [9.17, 15) is 18.0 Å². The Labute approximate surface area is 195 Å². The molecule has 1 aliphatic heterocycles. The number of ether oxygens (including phenoxy) is 1. The predicted octanol–water partition coefficient (Wildman–Crippen LogP) is 3.33. The molecule has 2 aromatic rings. The van der Waals surface area contributed by atoms with Gasteiger partial charge in [0.25, 0.3) is 0 Å². The fourth-order valence-electron chi connectivity index (χ4n) is 3.86. The van der Waals surface area contributed by atoms with Crippen molar-refractivity contribution in [1.82, 2.24) is 4.72 Å². The summed E-state index contributed by atoms with van der Waals surface area (Å²) in [4.78, 5) is 26.7. The van der Waals surface area contributed by atoms with E-state index >= 15 is 0 Å². The van der Waals surface area contributed by atoms with Gasteiger partial charge in [-0.3, -0.25) is 9.59 Å². The van der Waals surface area contributed by atoms with Gasteiger partial charge in [-0.25, -0.2) is 8.42 Å². The van der Waals surface area contributed by atoms with Crippen LogP contribution in [-0.2, 0) is 26.0 Å². The molecule has 1 atom stereocenters. The zero-order valence-electron chi connectivity index (χ0n) is 19.4. The first-order valence-corrected chi connectivity index (χ1v) is 12.6. The lowest BCUT2D eigenvalue weighted by Crippen LogP contribution is -2.47. The van der Waals surface area contributed by atoms with Crippen molar-refractivity contribution >= 4 is 33.2 Å². The molecule has 178 valence electrons. The molecule has 3 rings (SSSR count). The highest BCUT2D eigenvalue weighted by Gasteiger charge is 2.30. The van der Waals surface area contributed by atoms with E-state index in [2.05, 4.69) is 10.0 Å². The molecule has 0 aliphatic carbocycles. The second kappa shape index (κ2) is 10.4. The van der Waals surface area contributed by atoms with Crippen molar-refractivity contribution in [1.29, 1.82) is 0 Å². The molecule has 0 saturated carbocycles. The lowest BCUT2D eigenvalue weighted by molar-refractivity contribution is -0.118. The summed E-state index contributed by atoms with van der Waals surface area (Å²) in [6.07, 6.45) is 1.45. The average molecular weight is 474 g/mol. The van der Waals surface area contributed by atoms with E-state index < -0.39 is 22.0 Å². The number of nitrogens with one attached hydrogen (secondary N) is 2. The second-order valence-corrected chi connectivity index (χ2v) is 10.0. The zero-order valence-corrected chi connectivity index (χ0v) is 20.2. The highest BCUT2D eigenvalue weighted by molar-refractivity contribution is 7.89. The normalized spacial score (nSPS) is 14.5. The minimum absolute atomic E-state index is 0.0693. The SMILES string of the molecule is CCOc1ccccc1NC(=O)C(NS(=O)(=O)c1ccc2c(c1)CCCN2C(C)=O)C(C)C. The highest BCUT2D eigenvalue weighted by Crippen LogP contribution is 2.30. The fraction of sp³-hybridized carbons (Fsp3) is 0.417. The largest absolute Gasteiger partial charge is 0.492 e. The minimum atomic E-state index is -3.98. The first-order chi connectivity index (χ1) is 15.6. The summed E-state index contributed by atoms with van der Waals surface area (Å²) in [5.41, 5.74) is 2.02. The smallest absolute Gasteiger partial charge is 0.242 e. The summed E-state index contributed by atoms with van der Waals surface area (Å²) in [5.74, 6) is -0.330. The van der Waals surface area contributed by atoms with Gasteiger partial charge in [0.05, 0.1) is 17.2 Å². The molecule has 0 spiro atoms. The fourth-order valence-corrected chi connectivity index (χ4v) is 5.25. The Morgan fingerprint density at radius 3 is 2.55 bits per heavy atom. The van der Waals surface area contributed by atoms with Crippen LogP contribution < -0.4 is 19.7 Å². The van der Waals surface area contributed by atoms with Crippen LogP contribution in [0.3, 0.4) is 0 Å². The van der Waals surface area contributed by atoms with Crippen LogP contribution in [0.1, 0.15) is 39.7 Å². The Balaban J connectivity index is 1.83. The van der Waals surface area contributed by atoms with E-state index in [-0.39, 0.29) is 16.7 Å². The maximum Gasteiger partial charge on any atom is 0.242 e. The topological polar surface area (TPSA) is 105 Å². The van der Waals surface area contributed by atoms with Crippen molar-refractivity contribution in [3.8, 4) is 5.75 Å². The Bertz CT molecular complexity index is 1130. The first-order valence-electron chi connectivity index (χ1n) is 11.1. The first kappa shape index (κ1) is 24.7. The molecule has 2 aromatic carbocycles. The van der Waals surface area contributed by atoms with E-state index in [0.717, 1.165) is 17.7 Å². The van der Waals surface area contributed by atoms with Gasteiger partial charge in [0.1, 0.15) is 11.8 Å². The number of carbonyl (C=O) groups excluding carboxylic acids is 2. The number of hydrogen-bond acceptors (Lipinski definition) is 5. The van der Waals surface area contributed by atoms with Crippen LogP contribution in [0.25, 0.3) is 0 Å². The third-order valence-corrected chi connectivity index (χ3v) is 6.97. The monoisotopic (exact) mass is 473 g/mol. The highest BCUT2D eigenvalue weighted by atomic mass is 32.2. The zero-order chi connectivity index (χ0) is 24.2. The molecule has 0 saturated heterocycles. The molecule has 0 radical (unpaired) electrons. The Morgan fingerprint density at radius 1 is 1.15 bits per heavy atom. The number of fused-ring (bicyclic) bond motifs is 1. The van der Waals surface area contributed by atoms with Crippen LogP contribution >= 0.6 is 0 Å². The van der Waals surface area contributed by atoms with Crippen LogP contribution in [0, 0.1) is 5.92 Å². The van der Waals surface area contributed by atoms with Gasteiger partial charge in [-0.05, 0) is 61.6 Å². The lowest BCUT2D eigenvalue weighted by Gasteiger charge is -2.29. The molecule has 1 heterocycles. The minimum Gasteiger partial charge on any atom is -0.492 e. The summed E-state index contributed by atoms with van der Waals surface area (Å²) in [7, 11) is -3.98. The molecule has 0 fully saturated rings. The number of hydrogen-bond donors (Lipinski definition) is 2. The molecule has 9 heteroatoms. The van der Waals surface area contributed by atoms with Crippen LogP contribution in [0.15, 0.2) is 47.4 Å². The molecular formula is C24H31N3O5S. The lowest BCUT2D eigenvalue weighted by atomic mass is 10.0. The maximum atomic E-state index is 13.2. The van der Waals surface area contributed by atoms with Crippen LogP contribution in [0.5, 0.6) is 5.75 Å². The average Bonchev–Trinajstić information content (AvgIpc) is 2.77.